The van der Waals surface area contributed by atoms with E-state index in [0.29, 0.717) is 16.1 Å². The molecule has 0 aliphatic carbocycles. The van der Waals surface area contributed by atoms with Crippen LogP contribution in [0.5, 0.6) is 0 Å². The lowest BCUT2D eigenvalue weighted by Gasteiger charge is -2.03. The third-order valence-corrected chi connectivity index (χ3v) is 3.42. The van der Waals surface area contributed by atoms with Crippen molar-refractivity contribution < 1.29 is 14.3 Å². The van der Waals surface area contributed by atoms with Crippen LogP contribution in [-0.4, -0.2) is 15.4 Å². The highest BCUT2D eigenvalue weighted by atomic mass is 32.1. The predicted molar refractivity (Wildman–Crippen MR) is 63.9 cm³/mol. The molecular formula is C12H10FNO2S. The normalized spacial score (nSPS) is 10.5. The van der Waals surface area contributed by atoms with E-state index in [1.54, 1.807) is 26.0 Å². The molecule has 0 amide bonds. The van der Waals surface area contributed by atoms with E-state index < -0.39 is 11.8 Å². The number of carboxylic acids is 1. The first-order valence-electron chi connectivity index (χ1n) is 4.97. The number of aryl methyl sites for hydroxylation is 2. The van der Waals surface area contributed by atoms with Crippen molar-refractivity contribution in [2.24, 2.45) is 0 Å². The highest BCUT2D eigenvalue weighted by Crippen LogP contribution is 2.32. The standard InChI is InChI=1S/C12H10FNO2S/c1-6-3-4-8(9(13)5-6)11-10(12(15)16)7(2)14-17-11/h3-5H,1-2H3,(H,15,16). The fraction of sp³-hybridized carbons (Fsp3) is 0.167. The van der Waals surface area contributed by atoms with Crippen molar-refractivity contribution >= 4 is 17.5 Å². The molecule has 5 heteroatoms. The summed E-state index contributed by atoms with van der Waals surface area (Å²) in [5, 5.41) is 9.09. The summed E-state index contributed by atoms with van der Waals surface area (Å²) in [5.74, 6) is -1.50. The molecular weight excluding hydrogens is 241 g/mol. The Hall–Kier alpha value is -1.75. The van der Waals surface area contributed by atoms with Gasteiger partial charge in [-0.05, 0) is 37.0 Å². The number of halogens is 1. The molecule has 0 fully saturated rings. The van der Waals surface area contributed by atoms with Crippen LogP contribution < -0.4 is 0 Å². The molecule has 1 heterocycles. The maximum atomic E-state index is 13.8. The fourth-order valence-electron chi connectivity index (χ4n) is 1.61. The monoisotopic (exact) mass is 251 g/mol. The van der Waals surface area contributed by atoms with Crippen molar-refractivity contribution in [2.75, 3.05) is 0 Å². The van der Waals surface area contributed by atoms with Gasteiger partial charge in [0, 0.05) is 5.56 Å². The smallest absolute Gasteiger partial charge is 0.339 e. The molecule has 1 N–H and O–H groups in total. The van der Waals surface area contributed by atoms with Crippen LogP contribution in [0.2, 0.25) is 0 Å². The molecule has 2 aromatic rings. The van der Waals surface area contributed by atoms with E-state index in [-0.39, 0.29) is 5.56 Å². The van der Waals surface area contributed by atoms with Gasteiger partial charge in [0.05, 0.1) is 10.6 Å². The van der Waals surface area contributed by atoms with E-state index in [1.165, 1.54) is 6.07 Å². The molecule has 0 unspecified atom stereocenters. The zero-order chi connectivity index (χ0) is 12.6. The summed E-state index contributed by atoms with van der Waals surface area (Å²) in [4.78, 5) is 11.5. The van der Waals surface area contributed by atoms with E-state index in [1.807, 2.05) is 0 Å². The number of nitrogens with zero attached hydrogens (tertiary/aromatic N) is 1. The first kappa shape index (κ1) is 11.7. The highest BCUT2D eigenvalue weighted by Gasteiger charge is 2.20. The van der Waals surface area contributed by atoms with Gasteiger partial charge in [0.15, 0.2) is 0 Å². The molecule has 2 rings (SSSR count). The number of carboxylic acid groups (broad SMARTS) is 1. The van der Waals surface area contributed by atoms with Gasteiger partial charge in [0.1, 0.15) is 11.4 Å². The van der Waals surface area contributed by atoms with Crippen LogP contribution in [0, 0.1) is 19.7 Å². The Morgan fingerprint density at radius 2 is 2.12 bits per heavy atom. The Bertz CT molecular complexity index is 592. The lowest BCUT2D eigenvalue weighted by molar-refractivity contribution is 0.0697. The van der Waals surface area contributed by atoms with Crippen LogP contribution in [0.3, 0.4) is 0 Å². The van der Waals surface area contributed by atoms with Gasteiger partial charge in [-0.2, -0.15) is 4.37 Å². The van der Waals surface area contributed by atoms with Gasteiger partial charge in [-0.15, -0.1) is 0 Å². The second-order valence-corrected chi connectivity index (χ2v) is 4.53. The number of hydrogen-bond donors (Lipinski definition) is 1. The molecule has 0 aliphatic heterocycles. The van der Waals surface area contributed by atoms with Crippen LogP contribution in [0.15, 0.2) is 18.2 Å². The molecule has 0 saturated heterocycles. The van der Waals surface area contributed by atoms with Crippen molar-refractivity contribution in [1.82, 2.24) is 4.37 Å². The molecule has 88 valence electrons. The summed E-state index contributed by atoms with van der Waals surface area (Å²) in [6.07, 6.45) is 0. The first-order chi connectivity index (χ1) is 8.00. The Kier molecular flexibility index (Phi) is 2.93. The number of aromatic carboxylic acids is 1. The van der Waals surface area contributed by atoms with Crippen LogP contribution in [0.4, 0.5) is 4.39 Å². The zero-order valence-corrected chi connectivity index (χ0v) is 10.1. The topological polar surface area (TPSA) is 50.2 Å². The summed E-state index contributed by atoms with van der Waals surface area (Å²) in [7, 11) is 0. The van der Waals surface area contributed by atoms with E-state index in [4.69, 9.17) is 5.11 Å². The Morgan fingerprint density at radius 3 is 2.71 bits per heavy atom. The predicted octanol–water partition coefficient (Wildman–Crippen LogP) is 3.26. The average Bonchev–Trinajstić information content (AvgIpc) is 2.60. The minimum absolute atomic E-state index is 0.0813. The zero-order valence-electron chi connectivity index (χ0n) is 9.32. The van der Waals surface area contributed by atoms with Gasteiger partial charge in [-0.3, -0.25) is 0 Å². The van der Waals surface area contributed by atoms with Gasteiger partial charge >= 0.3 is 5.97 Å². The number of benzene rings is 1. The molecule has 1 aromatic heterocycles. The number of rotatable bonds is 2. The third-order valence-electron chi connectivity index (χ3n) is 2.45. The third kappa shape index (κ3) is 2.06. The number of carbonyl (C=O) groups is 1. The molecule has 0 saturated carbocycles. The highest BCUT2D eigenvalue weighted by molar-refractivity contribution is 7.10. The van der Waals surface area contributed by atoms with E-state index in [0.717, 1.165) is 17.1 Å². The van der Waals surface area contributed by atoms with Crippen LogP contribution in [-0.2, 0) is 0 Å². The summed E-state index contributed by atoms with van der Waals surface area (Å²) in [6.45, 7) is 3.39. The van der Waals surface area contributed by atoms with Gasteiger partial charge in [-0.1, -0.05) is 12.1 Å². The fourth-order valence-corrected chi connectivity index (χ4v) is 2.52. The van der Waals surface area contributed by atoms with Gasteiger partial charge in [0.25, 0.3) is 0 Å². The van der Waals surface area contributed by atoms with E-state index in [9.17, 15) is 9.18 Å². The Morgan fingerprint density at radius 1 is 1.41 bits per heavy atom. The lowest BCUT2D eigenvalue weighted by atomic mass is 10.1. The van der Waals surface area contributed by atoms with Crippen molar-refractivity contribution in [3.05, 3.63) is 40.8 Å². The molecule has 0 bridgehead atoms. The molecule has 0 aliphatic rings. The van der Waals surface area contributed by atoms with Crippen LogP contribution >= 0.6 is 11.5 Å². The SMILES string of the molecule is Cc1ccc(-c2snc(C)c2C(=O)O)c(F)c1. The second kappa shape index (κ2) is 4.25. The molecule has 1 aromatic carbocycles. The minimum atomic E-state index is -1.08. The van der Waals surface area contributed by atoms with Gasteiger partial charge in [0.2, 0.25) is 0 Å². The van der Waals surface area contributed by atoms with Gasteiger partial charge < -0.3 is 5.11 Å². The largest absolute Gasteiger partial charge is 0.478 e. The summed E-state index contributed by atoms with van der Waals surface area (Å²) in [6, 6.07) is 4.72. The summed E-state index contributed by atoms with van der Waals surface area (Å²) in [5.41, 5.74) is 1.58. The first-order valence-corrected chi connectivity index (χ1v) is 5.74. The van der Waals surface area contributed by atoms with Crippen LogP contribution in [0.25, 0.3) is 10.4 Å². The second-order valence-electron chi connectivity index (χ2n) is 3.76. The molecule has 0 atom stereocenters. The minimum Gasteiger partial charge on any atom is -0.478 e. The number of aromatic nitrogens is 1. The molecule has 3 nitrogen and oxygen atoms in total. The average molecular weight is 251 g/mol. The number of hydrogen-bond acceptors (Lipinski definition) is 3. The van der Waals surface area contributed by atoms with E-state index in [2.05, 4.69) is 4.37 Å². The molecule has 17 heavy (non-hydrogen) atoms. The van der Waals surface area contributed by atoms with Crippen molar-refractivity contribution in [3.8, 4) is 10.4 Å². The quantitative estimate of drug-likeness (QED) is 0.891. The Balaban J connectivity index is 2.65. The van der Waals surface area contributed by atoms with Gasteiger partial charge in [-0.25, -0.2) is 9.18 Å². The lowest BCUT2D eigenvalue weighted by Crippen LogP contribution is -1.99. The maximum absolute atomic E-state index is 13.8. The van der Waals surface area contributed by atoms with Crippen LogP contribution in [0.1, 0.15) is 21.6 Å². The summed E-state index contributed by atoms with van der Waals surface area (Å²) >= 11 is 1.01. The molecule has 0 radical (unpaired) electrons. The van der Waals surface area contributed by atoms with Crippen molar-refractivity contribution in [1.29, 1.82) is 0 Å². The molecule has 0 spiro atoms. The van der Waals surface area contributed by atoms with Crippen molar-refractivity contribution in [3.63, 3.8) is 0 Å². The van der Waals surface area contributed by atoms with E-state index >= 15 is 0 Å². The maximum Gasteiger partial charge on any atom is 0.339 e. The Labute approximate surface area is 102 Å². The van der Waals surface area contributed by atoms with Crippen molar-refractivity contribution in [2.45, 2.75) is 13.8 Å². The summed E-state index contributed by atoms with van der Waals surface area (Å²) < 4.78 is 17.7.